The van der Waals surface area contributed by atoms with Crippen LogP contribution in [-0.4, -0.2) is 50.1 Å². The van der Waals surface area contributed by atoms with Crippen LogP contribution in [-0.2, 0) is 9.53 Å². The van der Waals surface area contributed by atoms with Gasteiger partial charge in [0.1, 0.15) is 0 Å². The van der Waals surface area contributed by atoms with Gasteiger partial charge in [0.15, 0.2) is 5.96 Å². The molecule has 0 bridgehead atoms. The van der Waals surface area contributed by atoms with Crippen LogP contribution < -0.4 is 5.32 Å². The van der Waals surface area contributed by atoms with Crippen LogP contribution in [0.3, 0.4) is 0 Å². The van der Waals surface area contributed by atoms with E-state index in [2.05, 4.69) is 22.1 Å². The number of likely N-dealkylation sites (tertiary alicyclic amines) is 1. The first-order valence-electron chi connectivity index (χ1n) is 6.25. The number of esters is 1. The van der Waals surface area contributed by atoms with E-state index >= 15 is 0 Å². The second-order valence-corrected chi connectivity index (χ2v) is 4.34. The summed E-state index contributed by atoms with van der Waals surface area (Å²) in [4.78, 5) is 18.2. The average molecular weight is 369 g/mol. The number of hydrogen-bond donors (Lipinski definition) is 1. The first-order chi connectivity index (χ1) is 8.13. The fraction of sp³-hybridized carbons (Fsp3) is 0.833. The van der Waals surface area contributed by atoms with Crippen LogP contribution in [0.15, 0.2) is 4.99 Å². The number of guanidine groups is 1. The van der Waals surface area contributed by atoms with Crippen molar-refractivity contribution in [3.05, 3.63) is 0 Å². The van der Waals surface area contributed by atoms with Crippen LogP contribution in [0.2, 0.25) is 0 Å². The molecule has 0 saturated carbocycles. The second kappa shape index (κ2) is 8.55. The van der Waals surface area contributed by atoms with Gasteiger partial charge in [0.2, 0.25) is 0 Å². The first kappa shape index (κ1) is 17.5. The van der Waals surface area contributed by atoms with Crippen molar-refractivity contribution in [3.8, 4) is 0 Å². The molecule has 1 aliphatic rings. The number of ether oxygens (including phenoxy) is 1. The van der Waals surface area contributed by atoms with Gasteiger partial charge in [-0.1, -0.05) is 6.92 Å². The first-order valence-corrected chi connectivity index (χ1v) is 6.25. The van der Waals surface area contributed by atoms with Crippen molar-refractivity contribution >= 4 is 35.9 Å². The van der Waals surface area contributed by atoms with Crippen LogP contribution in [0, 0.1) is 11.8 Å². The minimum absolute atomic E-state index is 0. The molecular formula is C12H24IN3O2. The lowest BCUT2D eigenvalue weighted by Gasteiger charge is -2.21. The predicted octanol–water partition coefficient (Wildman–Crippen LogP) is 1.33. The molecule has 0 spiro atoms. The molecule has 2 atom stereocenters. The molecule has 1 heterocycles. The molecule has 0 radical (unpaired) electrons. The Morgan fingerprint density at radius 1 is 1.44 bits per heavy atom. The molecule has 18 heavy (non-hydrogen) atoms. The van der Waals surface area contributed by atoms with Crippen molar-refractivity contribution in [2.45, 2.75) is 20.8 Å². The molecule has 1 N–H and O–H groups in total. The van der Waals surface area contributed by atoms with Crippen molar-refractivity contribution in [2.24, 2.45) is 16.8 Å². The van der Waals surface area contributed by atoms with Crippen LogP contribution in [0.4, 0.5) is 0 Å². The molecule has 0 aromatic rings. The van der Waals surface area contributed by atoms with E-state index in [-0.39, 0.29) is 35.9 Å². The highest BCUT2D eigenvalue weighted by molar-refractivity contribution is 14.0. The van der Waals surface area contributed by atoms with E-state index in [9.17, 15) is 4.79 Å². The number of methoxy groups -OCH3 is 1. The van der Waals surface area contributed by atoms with Gasteiger partial charge in [-0.05, 0) is 19.8 Å². The Bertz CT molecular complexity index is 297. The maximum atomic E-state index is 11.6. The smallest absolute Gasteiger partial charge is 0.310 e. The quantitative estimate of drug-likeness (QED) is 0.353. The number of carbonyl (C=O) groups is 1. The summed E-state index contributed by atoms with van der Waals surface area (Å²) in [5, 5.41) is 3.25. The molecule has 106 valence electrons. The zero-order chi connectivity index (χ0) is 12.8. The number of rotatable bonds is 3. The van der Waals surface area contributed by atoms with Crippen molar-refractivity contribution in [3.63, 3.8) is 0 Å². The largest absolute Gasteiger partial charge is 0.469 e. The molecule has 0 aromatic heterocycles. The summed E-state index contributed by atoms with van der Waals surface area (Å²) >= 11 is 0. The summed E-state index contributed by atoms with van der Waals surface area (Å²) < 4.78 is 4.83. The van der Waals surface area contributed by atoms with Gasteiger partial charge in [-0.3, -0.25) is 9.79 Å². The van der Waals surface area contributed by atoms with E-state index < -0.39 is 0 Å². The Kier molecular flexibility index (Phi) is 8.30. The Balaban J connectivity index is 0.00000289. The predicted molar refractivity (Wildman–Crippen MR) is 83.3 cm³/mol. The van der Waals surface area contributed by atoms with E-state index in [0.29, 0.717) is 12.5 Å². The monoisotopic (exact) mass is 369 g/mol. The van der Waals surface area contributed by atoms with Crippen LogP contribution >= 0.6 is 24.0 Å². The lowest BCUT2D eigenvalue weighted by atomic mass is 9.99. The highest BCUT2D eigenvalue weighted by Crippen LogP contribution is 2.23. The molecule has 1 fully saturated rings. The standard InChI is InChI=1S/C12H23N3O2.HI/c1-5-13-12(14-6-2)15-7-9(3)10(8-15)11(16)17-4;/h9-10H,5-8H2,1-4H3,(H,13,14);1H. The molecule has 5 nitrogen and oxygen atoms in total. The zero-order valence-corrected chi connectivity index (χ0v) is 13.9. The molecular weight excluding hydrogens is 345 g/mol. The van der Waals surface area contributed by atoms with Crippen LogP contribution in [0.5, 0.6) is 0 Å². The lowest BCUT2D eigenvalue weighted by molar-refractivity contribution is -0.145. The van der Waals surface area contributed by atoms with Gasteiger partial charge in [0.05, 0.1) is 13.0 Å². The van der Waals surface area contributed by atoms with Crippen molar-refractivity contribution in [1.29, 1.82) is 0 Å². The Morgan fingerprint density at radius 3 is 2.61 bits per heavy atom. The maximum absolute atomic E-state index is 11.6. The summed E-state index contributed by atoms with van der Waals surface area (Å²) in [6, 6.07) is 0. The fourth-order valence-corrected chi connectivity index (χ4v) is 2.17. The van der Waals surface area contributed by atoms with E-state index in [1.807, 2.05) is 13.8 Å². The molecule has 2 unspecified atom stereocenters. The van der Waals surface area contributed by atoms with Crippen molar-refractivity contribution in [1.82, 2.24) is 10.2 Å². The number of nitrogens with zero attached hydrogens (tertiary/aromatic N) is 2. The molecule has 0 amide bonds. The van der Waals surface area contributed by atoms with Crippen LogP contribution in [0.1, 0.15) is 20.8 Å². The van der Waals surface area contributed by atoms with Gasteiger partial charge in [0.25, 0.3) is 0 Å². The highest BCUT2D eigenvalue weighted by Gasteiger charge is 2.36. The minimum Gasteiger partial charge on any atom is -0.469 e. The summed E-state index contributed by atoms with van der Waals surface area (Å²) in [6.07, 6.45) is 0. The lowest BCUT2D eigenvalue weighted by Crippen LogP contribution is -2.40. The summed E-state index contributed by atoms with van der Waals surface area (Å²) in [6.45, 7) is 9.27. The van der Waals surface area contributed by atoms with Gasteiger partial charge in [-0.25, -0.2) is 0 Å². The Morgan fingerprint density at radius 2 is 2.11 bits per heavy atom. The van der Waals surface area contributed by atoms with E-state index in [0.717, 1.165) is 25.6 Å². The molecule has 0 aromatic carbocycles. The minimum atomic E-state index is -0.118. The van der Waals surface area contributed by atoms with Gasteiger partial charge >= 0.3 is 5.97 Å². The summed E-state index contributed by atoms with van der Waals surface area (Å²) in [7, 11) is 1.45. The second-order valence-electron chi connectivity index (χ2n) is 4.34. The third-order valence-electron chi connectivity index (χ3n) is 3.06. The van der Waals surface area contributed by atoms with E-state index in [1.54, 1.807) is 0 Å². The number of aliphatic imine (C=N–C) groups is 1. The fourth-order valence-electron chi connectivity index (χ4n) is 2.17. The molecule has 6 heteroatoms. The number of hydrogen-bond acceptors (Lipinski definition) is 3. The van der Waals surface area contributed by atoms with Gasteiger partial charge in [-0.2, -0.15) is 0 Å². The van der Waals surface area contributed by atoms with E-state index in [4.69, 9.17) is 4.74 Å². The number of halogens is 1. The SMILES string of the molecule is CCN=C(NCC)N1CC(C)C(C(=O)OC)C1.I. The number of nitrogens with one attached hydrogen (secondary N) is 1. The highest BCUT2D eigenvalue weighted by atomic mass is 127. The maximum Gasteiger partial charge on any atom is 0.310 e. The summed E-state index contributed by atoms with van der Waals surface area (Å²) in [5.74, 6) is 1.05. The average Bonchev–Trinajstić information content (AvgIpc) is 2.70. The number of carbonyl (C=O) groups excluding carboxylic acids is 1. The Hall–Kier alpha value is -0.530. The van der Waals surface area contributed by atoms with Gasteiger partial charge in [-0.15, -0.1) is 24.0 Å². The van der Waals surface area contributed by atoms with Crippen molar-refractivity contribution < 1.29 is 9.53 Å². The van der Waals surface area contributed by atoms with Crippen LogP contribution in [0.25, 0.3) is 0 Å². The molecule has 1 aliphatic heterocycles. The van der Waals surface area contributed by atoms with Gasteiger partial charge < -0.3 is 15.0 Å². The van der Waals surface area contributed by atoms with Crippen molar-refractivity contribution in [2.75, 3.05) is 33.3 Å². The molecule has 1 saturated heterocycles. The normalized spacial score (nSPS) is 23.6. The summed E-state index contributed by atoms with van der Waals surface area (Å²) in [5.41, 5.74) is 0. The third-order valence-corrected chi connectivity index (χ3v) is 3.06. The molecule has 0 aliphatic carbocycles. The topological polar surface area (TPSA) is 53.9 Å². The van der Waals surface area contributed by atoms with E-state index in [1.165, 1.54) is 7.11 Å². The Labute approximate surface area is 126 Å². The van der Waals surface area contributed by atoms with Gasteiger partial charge in [0, 0.05) is 26.2 Å². The molecule has 1 rings (SSSR count). The zero-order valence-electron chi connectivity index (χ0n) is 11.6. The third kappa shape index (κ3) is 4.29.